The molecule has 2 aliphatic rings. The molecule has 1 aliphatic heterocycles. The minimum atomic E-state index is -0.690. The molecular weight excluding hydrogens is 377 g/mol. The number of fused-ring (bicyclic) bond motifs is 1. The van der Waals surface area contributed by atoms with Crippen LogP contribution in [0.2, 0.25) is 5.82 Å². The van der Waals surface area contributed by atoms with Crippen LogP contribution in [-0.2, 0) is 9.59 Å². The number of piperidine rings is 1. The van der Waals surface area contributed by atoms with Gasteiger partial charge in [-0.15, -0.1) is 0 Å². The SMILES string of the molecule is Cc1nc2cccc([B]C3CCCCCCCC3)c2c(=O)n1C1CCC(=O)NC1=O. The van der Waals surface area contributed by atoms with Gasteiger partial charge < -0.3 is 0 Å². The van der Waals surface area contributed by atoms with Crippen LogP contribution in [-0.4, -0.2) is 28.6 Å². The van der Waals surface area contributed by atoms with Gasteiger partial charge in [0, 0.05) is 6.42 Å². The molecule has 0 bridgehead atoms. The van der Waals surface area contributed by atoms with Crippen LogP contribution in [0.15, 0.2) is 23.0 Å². The summed E-state index contributed by atoms with van der Waals surface area (Å²) in [5, 5.41) is 2.93. The molecule has 2 aromatic rings. The van der Waals surface area contributed by atoms with Crippen LogP contribution in [0.4, 0.5) is 0 Å². The summed E-state index contributed by atoms with van der Waals surface area (Å²) >= 11 is 0. The van der Waals surface area contributed by atoms with Crippen LogP contribution >= 0.6 is 0 Å². The Bertz CT molecular complexity index is 1010. The molecule has 2 fully saturated rings. The second kappa shape index (κ2) is 9.15. The summed E-state index contributed by atoms with van der Waals surface area (Å²) in [5.74, 6) is 0.250. The van der Waals surface area contributed by atoms with Gasteiger partial charge in [0.1, 0.15) is 11.9 Å². The summed E-state index contributed by atoms with van der Waals surface area (Å²) in [5.41, 5.74) is 1.38. The van der Waals surface area contributed by atoms with Crippen molar-refractivity contribution in [3.8, 4) is 0 Å². The van der Waals surface area contributed by atoms with Crippen LogP contribution in [0, 0.1) is 6.92 Å². The summed E-state index contributed by atoms with van der Waals surface area (Å²) < 4.78 is 1.48. The van der Waals surface area contributed by atoms with Gasteiger partial charge in [0.05, 0.1) is 10.9 Å². The molecule has 157 valence electrons. The van der Waals surface area contributed by atoms with E-state index < -0.39 is 11.9 Å². The lowest BCUT2D eigenvalue weighted by Crippen LogP contribution is -2.45. The maximum absolute atomic E-state index is 13.6. The monoisotopic (exact) mass is 406 g/mol. The van der Waals surface area contributed by atoms with Crippen LogP contribution in [0.3, 0.4) is 0 Å². The molecule has 1 aromatic carbocycles. The van der Waals surface area contributed by atoms with Crippen molar-refractivity contribution in [3.05, 3.63) is 34.4 Å². The van der Waals surface area contributed by atoms with Gasteiger partial charge in [-0.1, -0.05) is 74.8 Å². The Morgan fingerprint density at radius 2 is 1.70 bits per heavy atom. The highest BCUT2D eigenvalue weighted by molar-refractivity contribution is 6.58. The minimum absolute atomic E-state index is 0.193. The van der Waals surface area contributed by atoms with Crippen molar-refractivity contribution in [2.75, 3.05) is 0 Å². The van der Waals surface area contributed by atoms with E-state index >= 15 is 0 Å². The molecule has 1 aliphatic carbocycles. The maximum atomic E-state index is 13.6. The highest BCUT2D eigenvalue weighted by Crippen LogP contribution is 2.26. The van der Waals surface area contributed by atoms with E-state index in [0.717, 1.165) is 18.3 Å². The molecule has 7 heteroatoms. The van der Waals surface area contributed by atoms with Crippen molar-refractivity contribution in [2.24, 2.45) is 0 Å². The van der Waals surface area contributed by atoms with E-state index in [9.17, 15) is 14.4 Å². The first-order valence-corrected chi connectivity index (χ1v) is 11.2. The molecule has 1 radical (unpaired) electrons. The van der Waals surface area contributed by atoms with E-state index in [2.05, 4.69) is 17.6 Å². The van der Waals surface area contributed by atoms with Crippen molar-refractivity contribution in [1.82, 2.24) is 14.9 Å². The first-order chi connectivity index (χ1) is 14.5. The lowest BCUT2D eigenvalue weighted by atomic mass is 9.55. The third kappa shape index (κ3) is 4.35. The highest BCUT2D eigenvalue weighted by Gasteiger charge is 2.31. The van der Waals surface area contributed by atoms with Gasteiger partial charge in [-0.3, -0.25) is 24.3 Å². The highest BCUT2D eigenvalue weighted by atomic mass is 16.2. The number of aryl methyl sites for hydroxylation is 1. The average Bonchev–Trinajstić information content (AvgIpc) is 2.83. The number of benzene rings is 1. The fourth-order valence-corrected chi connectivity index (χ4v) is 4.90. The van der Waals surface area contributed by atoms with E-state index in [1.54, 1.807) is 6.92 Å². The summed E-state index contributed by atoms with van der Waals surface area (Å²) in [4.78, 5) is 42.2. The molecule has 0 spiro atoms. The zero-order valence-electron chi connectivity index (χ0n) is 17.7. The van der Waals surface area contributed by atoms with Crippen LogP contribution in [0.1, 0.15) is 76.1 Å². The molecule has 1 aromatic heterocycles. The van der Waals surface area contributed by atoms with Crippen molar-refractivity contribution in [3.63, 3.8) is 0 Å². The lowest BCUT2D eigenvalue weighted by Gasteiger charge is -2.25. The Labute approximate surface area is 177 Å². The van der Waals surface area contributed by atoms with E-state index in [4.69, 9.17) is 0 Å². The number of amides is 2. The van der Waals surface area contributed by atoms with E-state index in [1.807, 2.05) is 18.2 Å². The van der Waals surface area contributed by atoms with E-state index in [-0.39, 0.29) is 17.9 Å². The fourth-order valence-electron chi connectivity index (χ4n) is 4.90. The smallest absolute Gasteiger partial charge is 0.261 e. The van der Waals surface area contributed by atoms with Gasteiger partial charge >= 0.3 is 0 Å². The summed E-state index contributed by atoms with van der Waals surface area (Å²) in [6.07, 6.45) is 10.5. The minimum Gasteiger partial charge on any atom is -0.295 e. The van der Waals surface area contributed by atoms with Crippen LogP contribution in [0.25, 0.3) is 10.9 Å². The van der Waals surface area contributed by atoms with Gasteiger partial charge in [-0.25, -0.2) is 4.98 Å². The average molecular weight is 406 g/mol. The third-order valence-corrected chi connectivity index (χ3v) is 6.48. The number of hydrogen-bond donors (Lipinski definition) is 1. The number of imide groups is 1. The standard InChI is InChI=1S/C23H29BN3O3/c1-15-25-18-12-8-11-17(24-16-9-6-4-2-3-5-7-10-16)21(18)23(30)27(15)19-13-14-20(28)26-22(19)29/h8,11-12,16,19H,2-7,9-10,13-14H2,1H3,(H,26,28,29). The molecule has 2 heterocycles. The lowest BCUT2D eigenvalue weighted by molar-refractivity contribution is -0.135. The van der Waals surface area contributed by atoms with Crippen molar-refractivity contribution in [2.45, 2.75) is 83.0 Å². The molecule has 6 nitrogen and oxygen atoms in total. The van der Waals surface area contributed by atoms with Gasteiger partial charge in [-0.05, 0) is 19.4 Å². The number of aromatic nitrogens is 2. The van der Waals surface area contributed by atoms with Gasteiger partial charge in [0.25, 0.3) is 5.56 Å². The van der Waals surface area contributed by atoms with Crippen molar-refractivity contribution < 1.29 is 9.59 Å². The van der Waals surface area contributed by atoms with Crippen LogP contribution in [0.5, 0.6) is 0 Å². The number of hydrogen-bond acceptors (Lipinski definition) is 4. The predicted molar refractivity (Wildman–Crippen MR) is 118 cm³/mol. The summed E-state index contributed by atoms with van der Waals surface area (Å²) in [6.45, 7) is 1.75. The molecule has 1 atom stereocenters. The van der Waals surface area contributed by atoms with Gasteiger partial charge in [0.2, 0.25) is 11.8 Å². The molecule has 1 N–H and O–H groups in total. The second-order valence-corrected chi connectivity index (χ2v) is 8.67. The number of nitrogens with zero attached hydrogens (tertiary/aromatic N) is 2. The van der Waals surface area contributed by atoms with Crippen molar-refractivity contribution >= 4 is 35.5 Å². The molecular formula is C23H29BN3O3. The largest absolute Gasteiger partial charge is 0.295 e. The quantitative estimate of drug-likeness (QED) is 0.628. The Kier molecular flexibility index (Phi) is 6.35. The number of carbonyl (C=O) groups excluding carboxylic acids is 2. The topological polar surface area (TPSA) is 81.1 Å². The van der Waals surface area contributed by atoms with Gasteiger partial charge in [0.15, 0.2) is 7.28 Å². The van der Waals surface area contributed by atoms with Crippen molar-refractivity contribution in [1.29, 1.82) is 0 Å². The first kappa shape index (κ1) is 20.8. The third-order valence-electron chi connectivity index (χ3n) is 6.48. The number of carbonyl (C=O) groups is 2. The Hall–Kier alpha value is -2.44. The molecule has 4 rings (SSSR count). The zero-order valence-corrected chi connectivity index (χ0v) is 17.7. The fraction of sp³-hybridized carbons (Fsp3) is 0.565. The Morgan fingerprint density at radius 3 is 2.40 bits per heavy atom. The molecule has 30 heavy (non-hydrogen) atoms. The molecule has 1 unspecified atom stereocenters. The number of rotatable bonds is 3. The zero-order chi connectivity index (χ0) is 21.1. The molecule has 1 saturated heterocycles. The predicted octanol–water partition coefficient (Wildman–Crippen LogP) is 2.94. The van der Waals surface area contributed by atoms with E-state index in [0.29, 0.717) is 29.0 Å². The maximum Gasteiger partial charge on any atom is 0.261 e. The summed E-state index contributed by atoms with van der Waals surface area (Å²) in [6, 6.07) is 5.11. The Morgan fingerprint density at radius 1 is 1.00 bits per heavy atom. The molecule has 1 saturated carbocycles. The molecule has 2 amide bonds. The number of nitrogens with one attached hydrogen (secondary N) is 1. The summed E-state index contributed by atoms with van der Waals surface area (Å²) in [7, 11) is 2.25. The normalized spacial score (nSPS) is 21.6. The van der Waals surface area contributed by atoms with E-state index in [1.165, 1.54) is 43.1 Å². The first-order valence-electron chi connectivity index (χ1n) is 11.2. The second-order valence-electron chi connectivity index (χ2n) is 8.67. The van der Waals surface area contributed by atoms with Crippen LogP contribution < -0.4 is 16.3 Å². The Balaban J connectivity index is 1.71. The van der Waals surface area contributed by atoms with Gasteiger partial charge in [-0.2, -0.15) is 0 Å².